The Hall–Kier alpha value is -3.47. The second-order valence-electron chi connectivity index (χ2n) is 7.41. The van der Waals surface area contributed by atoms with E-state index in [0.29, 0.717) is 5.69 Å². The Balaban J connectivity index is 2.38. The van der Waals surface area contributed by atoms with Crippen LogP contribution in [0, 0.1) is 24.1 Å². The van der Waals surface area contributed by atoms with Crippen molar-refractivity contribution in [3.05, 3.63) is 52.6 Å². The molecular formula is C20H21FN4O3. The number of aryl methyl sites for hydroxylation is 1. The molecule has 0 aliphatic carbocycles. The van der Waals surface area contributed by atoms with E-state index in [1.165, 1.54) is 18.3 Å². The van der Waals surface area contributed by atoms with Crippen molar-refractivity contribution in [3.8, 4) is 6.07 Å². The van der Waals surface area contributed by atoms with Crippen LogP contribution in [0.1, 0.15) is 52.7 Å². The number of aromatic nitrogens is 1. The molecule has 0 bridgehead atoms. The van der Waals surface area contributed by atoms with Crippen LogP contribution < -0.4 is 10.6 Å². The fourth-order valence-electron chi connectivity index (χ4n) is 2.59. The number of carbonyl (C=O) groups is 3. The van der Waals surface area contributed by atoms with Gasteiger partial charge in [0, 0.05) is 30.2 Å². The molecule has 0 aliphatic heterocycles. The monoisotopic (exact) mass is 384 g/mol. The lowest BCUT2D eigenvalue weighted by Crippen LogP contribution is -2.44. The molecule has 0 unspecified atom stereocenters. The maximum Gasteiger partial charge on any atom is 0.292 e. The maximum atomic E-state index is 13.5. The lowest BCUT2D eigenvalue weighted by atomic mass is 10.0. The van der Waals surface area contributed by atoms with Gasteiger partial charge < -0.3 is 15.2 Å². The third-order valence-corrected chi connectivity index (χ3v) is 3.99. The van der Waals surface area contributed by atoms with Crippen molar-refractivity contribution in [2.45, 2.75) is 33.2 Å². The topological polar surface area (TPSA) is 104 Å². The molecule has 0 spiro atoms. The average molecular weight is 384 g/mol. The van der Waals surface area contributed by atoms with Crippen molar-refractivity contribution < 1.29 is 18.8 Å². The van der Waals surface area contributed by atoms with Crippen LogP contribution in [0.15, 0.2) is 24.4 Å². The summed E-state index contributed by atoms with van der Waals surface area (Å²) in [6, 6.07) is 5.26. The Bertz CT molecular complexity index is 1010. The molecule has 1 heterocycles. The Morgan fingerprint density at radius 3 is 2.43 bits per heavy atom. The van der Waals surface area contributed by atoms with Crippen molar-refractivity contribution in [1.29, 1.82) is 5.26 Å². The molecule has 7 nitrogen and oxygen atoms in total. The zero-order valence-electron chi connectivity index (χ0n) is 16.3. The fraction of sp³-hybridized carbons (Fsp3) is 0.300. The zero-order chi connectivity index (χ0) is 21.2. The van der Waals surface area contributed by atoms with Gasteiger partial charge in [-0.15, -0.1) is 0 Å². The summed E-state index contributed by atoms with van der Waals surface area (Å²) in [4.78, 5) is 37.6. The van der Waals surface area contributed by atoms with Crippen LogP contribution in [0.2, 0.25) is 0 Å². The molecule has 1 aromatic carbocycles. The molecule has 28 heavy (non-hydrogen) atoms. The highest BCUT2D eigenvalue weighted by Gasteiger charge is 2.29. The minimum atomic E-state index is -0.833. The Morgan fingerprint density at radius 2 is 1.86 bits per heavy atom. The quantitative estimate of drug-likeness (QED) is 0.625. The summed E-state index contributed by atoms with van der Waals surface area (Å²) in [6.45, 7) is 6.86. The highest BCUT2D eigenvalue weighted by molar-refractivity contribution is 6.44. The number of amides is 2. The molecule has 0 fully saturated rings. The van der Waals surface area contributed by atoms with Crippen LogP contribution in [0.25, 0.3) is 0 Å². The summed E-state index contributed by atoms with van der Waals surface area (Å²) >= 11 is 0. The minimum Gasteiger partial charge on any atom is -0.353 e. The number of carbonyl (C=O) groups excluding carboxylic acids is 3. The summed E-state index contributed by atoms with van der Waals surface area (Å²) in [7, 11) is 1.65. The molecule has 1 aromatic heterocycles. The predicted molar refractivity (Wildman–Crippen MR) is 101 cm³/mol. The molecule has 2 rings (SSSR count). The van der Waals surface area contributed by atoms with Gasteiger partial charge in [-0.25, -0.2) is 4.39 Å². The van der Waals surface area contributed by atoms with E-state index in [1.54, 1.807) is 45.4 Å². The van der Waals surface area contributed by atoms with E-state index in [0.717, 1.165) is 6.07 Å². The second-order valence-corrected chi connectivity index (χ2v) is 7.41. The van der Waals surface area contributed by atoms with Crippen molar-refractivity contribution in [3.63, 3.8) is 0 Å². The predicted octanol–water partition coefficient (Wildman–Crippen LogP) is 2.69. The number of benzene rings is 1. The SMILES string of the molecule is Cc1c(C(=O)Nc2ccc(F)c(C#N)c2)c(C(=O)C(=O)NC(C)(C)C)cn1C. The molecule has 0 saturated heterocycles. The van der Waals surface area contributed by atoms with Crippen LogP contribution in [0.3, 0.4) is 0 Å². The minimum absolute atomic E-state index is 0.0399. The van der Waals surface area contributed by atoms with Gasteiger partial charge in [-0.2, -0.15) is 5.26 Å². The van der Waals surface area contributed by atoms with Crippen molar-refractivity contribution in [2.24, 2.45) is 7.05 Å². The zero-order valence-corrected chi connectivity index (χ0v) is 16.3. The normalized spacial score (nSPS) is 10.9. The van der Waals surface area contributed by atoms with Gasteiger partial charge in [0.25, 0.3) is 17.6 Å². The van der Waals surface area contributed by atoms with Crippen molar-refractivity contribution >= 4 is 23.3 Å². The molecule has 2 amide bonds. The molecule has 2 N–H and O–H groups in total. The first kappa shape index (κ1) is 20.8. The molecule has 146 valence electrons. The van der Waals surface area contributed by atoms with Crippen LogP contribution in [0.4, 0.5) is 10.1 Å². The summed E-state index contributed by atoms with van der Waals surface area (Å²) < 4.78 is 15.0. The lowest BCUT2D eigenvalue weighted by Gasteiger charge is -2.19. The number of halogens is 1. The van der Waals surface area contributed by atoms with E-state index in [9.17, 15) is 18.8 Å². The van der Waals surface area contributed by atoms with Gasteiger partial charge in [-0.1, -0.05) is 0 Å². The summed E-state index contributed by atoms with van der Waals surface area (Å²) in [6.07, 6.45) is 1.42. The molecule has 0 aliphatic rings. The number of hydrogen-bond acceptors (Lipinski definition) is 4. The van der Waals surface area contributed by atoms with Gasteiger partial charge >= 0.3 is 0 Å². The van der Waals surface area contributed by atoms with E-state index >= 15 is 0 Å². The van der Waals surface area contributed by atoms with Crippen LogP contribution in [-0.2, 0) is 11.8 Å². The van der Waals surface area contributed by atoms with E-state index in [1.807, 2.05) is 0 Å². The van der Waals surface area contributed by atoms with Crippen LogP contribution in [0.5, 0.6) is 0 Å². The highest BCUT2D eigenvalue weighted by Crippen LogP contribution is 2.21. The summed E-state index contributed by atoms with van der Waals surface area (Å²) in [5.74, 6) is -2.99. The Kier molecular flexibility index (Phi) is 5.69. The van der Waals surface area contributed by atoms with E-state index in [-0.39, 0.29) is 22.4 Å². The van der Waals surface area contributed by atoms with Crippen LogP contribution >= 0.6 is 0 Å². The van der Waals surface area contributed by atoms with E-state index < -0.39 is 29.0 Å². The number of rotatable bonds is 4. The number of anilines is 1. The van der Waals surface area contributed by atoms with Crippen molar-refractivity contribution in [1.82, 2.24) is 9.88 Å². The van der Waals surface area contributed by atoms with Gasteiger partial charge in [-0.05, 0) is 45.9 Å². The third kappa shape index (κ3) is 4.43. The summed E-state index contributed by atoms with van der Waals surface area (Å²) in [5.41, 5.74) is -0.152. The third-order valence-electron chi connectivity index (χ3n) is 3.99. The van der Waals surface area contributed by atoms with Gasteiger partial charge in [0.05, 0.1) is 16.7 Å². The fourth-order valence-corrected chi connectivity index (χ4v) is 2.59. The number of nitriles is 1. The number of Topliss-reactive ketones (excluding diaryl/α,β-unsaturated/α-hetero) is 1. The van der Waals surface area contributed by atoms with Crippen molar-refractivity contribution in [2.75, 3.05) is 5.32 Å². The smallest absolute Gasteiger partial charge is 0.292 e. The van der Waals surface area contributed by atoms with Gasteiger partial charge in [0.15, 0.2) is 0 Å². The number of ketones is 1. The molecule has 8 heteroatoms. The Morgan fingerprint density at radius 1 is 1.21 bits per heavy atom. The van der Waals surface area contributed by atoms with Gasteiger partial charge in [0.1, 0.15) is 11.9 Å². The second kappa shape index (κ2) is 7.64. The number of hydrogen-bond donors (Lipinski definition) is 2. The largest absolute Gasteiger partial charge is 0.353 e. The Labute approximate surface area is 162 Å². The molecule has 0 radical (unpaired) electrons. The number of nitrogens with one attached hydrogen (secondary N) is 2. The first-order valence-corrected chi connectivity index (χ1v) is 8.48. The first-order chi connectivity index (χ1) is 12.9. The summed E-state index contributed by atoms with van der Waals surface area (Å²) in [5, 5.41) is 14.0. The molecule has 0 saturated carbocycles. The molecule has 0 atom stereocenters. The molecular weight excluding hydrogens is 363 g/mol. The standard InChI is InChI=1S/C20H21FN4O3/c1-11-16(18(27)23-13-6-7-15(21)12(8-13)9-22)14(10-25(11)5)17(26)19(28)24-20(2,3)4/h6-8,10H,1-5H3,(H,23,27)(H,24,28). The maximum absolute atomic E-state index is 13.5. The van der Waals surface area contributed by atoms with E-state index in [2.05, 4.69) is 10.6 Å². The highest BCUT2D eigenvalue weighted by atomic mass is 19.1. The first-order valence-electron chi connectivity index (χ1n) is 8.48. The van der Waals surface area contributed by atoms with Gasteiger partial charge in [0.2, 0.25) is 0 Å². The van der Waals surface area contributed by atoms with Gasteiger partial charge in [-0.3, -0.25) is 14.4 Å². The lowest BCUT2D eigenvalue weighted by molar-refractivity contribution is -0.118. The number of nitrogens with zero attached hydrogens (tertiary/aromatic N) is 2. The van der Waals surface area contributed by atoms with Crippen LogP contribution in [-0.4, -0.2) is 27.7 Å². The van der Waals surface area contributed by atoms with E-state index in [4.69, 9.17) is 5.26 Å². The molecule has 2 aromatic rings. The average Bonchev–Trinajstić information content (AvgIpc) is 2.89.